The summed E-state index contributed by atoms with van der Waals surface area (Å²) in [5.41, 5.74) is 2.31. The van der Waals surface area contributed by atoms with Gasteiger partial charge in [-0.05, 0) is 42.0 Å². The van der Waals surface area contributed by atoms with Gasteiger partial charge in [-0.1, -0.05) is 41.4 Å². The maximum absolute atomic E-state index is 12.9. The van der Waals surface area contributed by atoms with E-state index in [0.717, 1.165) is 5.56 Å². The van der Waals surface area contributed by atoms with Crippen LogP contribution in [0.5, 0.6) is 0 Å². The number of anilines is 2. The van der Waals surface area contributed by atoms with E-state index in [9.17, 15) is 9.18 Å². The number of aromatic nitrogens is 1. The number of carbonyl (C=O) groups excluding carboxylic acids is 1. The Morgan fingerprint density at radius 3 is 2.62 bits per heavy atom. The molecule has 2 N–H and O–H groups in total. The molecule has 0 aliphatic carbocycles. The van der Waals surface area contributed by atoms with Crippen LogP contribution in [0.25, 0.3) is 0 Å². The molecule has 0 saturated heterocycles. The Hall–Kier alpha value is -2.63. The first-order valence-electron chi connectivity index (χ1n) is 7.72. The van der Waals surface area contributed by atoms with Gasteiger partial charge in [0.15, 0.2) is 0 Å². The normalized spacial score (nSPS) is 10.4. The van der Waals surface area contributed by atoms with E-state index in [2.05, 4.69) is 15.6 Å². The van der Waals surface area contributed by atoms with Crippen molar-refractivity contribution in [1.82, 2.24) is 10.3 Å². The van der Waals surface area contributed by atoms with Crippen LogP contribution in [0.1, 0.15) is 16.1 Å². The monoisotopic (exact) mass is 389 g/mol. The van der Waals surface area contributed by atoms with Gasteiger partial charge >= 0.3 is 0 Å². The third-order valence-electron chi connectivity index (χ3n) is 3.59. The first-order chi connectivity index (χ1) is 12.5. The molecule has 3 rings (SSSR count). The number of amides is 1. The molecule has 132 valence electrons. The molecule has 0 unspecified atom stereocenters. The zero-order valence-corrected chi connectivity index (χ0v) is 15.0. The lowest BCUT2D eigenvalue weighted by atomic mass is 10.2. The van der Waals surface area contributed by atoms with Crippen LogP contribution < -0.4 is 10.6 Å². The molecule has 0 bridgehead atoms. The minimum absolute atomic E-state index is 0.246. The van der Waals surface area contributed by atoms with Crippen molar-refractivity contribution in [3.63, 3.8) is 0 Å². The van der Waals surface area contributed by atoms with E-state index < -0.39 is 0 Å². The maximum atomic E-state index is 12.9. The van der Waals surface area contributed by atoms with Gasteiger partial charge in [-0.3, -0.25) is 9.78 Å². The predicted octanol–water partition coefficient (Wildman–Crippen LogP) is 5.20. The SMILES string of the molecule is O=C(NCc1ccc(F)cc1)c1cc(Nc2cccc(Cl)c2Cl)ccn1. The summed E-state index contributed by atoms with van der Waals surface area (Å²) < 4.78 is 12.9. The second-order valence-electron chi connectivity index (χ2n) is 5.47. The van der Waals surface area contributed by atoms with Crippen LogP contribution in [0.3, 0.4) is 0 Å². The smallest absolute Gasteiger partial charge is 0.270 e. The van der Waals surface area contributed by atoms with E-state index in [4.69, 9.17) is 23.2 Å². The van der Waals surface area contributed by atoms with Crippen LogP contribution in [0.4, 0.5) is 15.8 Å². The molecule has 0 saturated carbocycles. The van der Waals surface area contributed by atoms with Crippen LogP contribution in [-0.2, 0) is 6.54 Å². The van der Waals surface area contributed by atoms with Gasteiger partial charge in [0.05, 0.1) is 15.7 Å². The number of rotatable bonds is 5. The summed E-state index contributed by atoms with van der Waals surface area (Å²) in [5, 5.41) is 6.69. The van der Waals surface area contributed by atoms with Gasteiger partial charge in [-0.2, -0.15) is 0 Å². The molecular formula is C19H14Cl2FN3O. The highest BCUT2D eigenvalue weighted by molar-refractivity contribution is 6.43. The average molecular weight is 390 g/mol. The number of hydrogen-bond donors (Lipinski definition) is 2. The maximum Gasteiger partial charge on any atom is 0.270 e. The highest BCUT2D eigenvalue weighted by Gasteiger charge is 2.10. The van der Waals surface area contributed by atoms with Crippen LogP contribution in [0.15, 0.2) is 60.8 Å². The summed E-state index contributed by atoms with van der Waals surface area (Å²) >= 11 is 12.2. The predicted molar refractivity (Wildman–Crippen MR) is 102 cm³/mol. The molecule has 7 heteroatoms. The second-order valence-corrected chi connectivity index (χ2v) is 6.25. The van der Waals surface area contributed by atoms with E-state index in [1.807, 2.05) is 0 Å². The number of nitrogens with one attached hydrogen (secondary N) is 2. The van der Waals surface area contributed by atoms with Gasteiger partial charge < -0.3 is 10.6 Å². The van der Waals surface area contributed by atoms with Gasteiger partial charge in [-0.25, -0.2) is 4.39 Å². The Balaban J connectivity index is 1.69. The molecule has 2 aromatic carbocycles. The summed E-state index contributed by atoms with van der Waals surface area (Å²) in [4.78, 5) is 16.4. The Kier molecular flexibility index (Phi) is 5.71. The number of nitrogens with zero attached hydrogens (tertiary/aromatic N) is 1. The summed E-state index contributed by atoms with van der Waals surface area (Å²) in [7, 11) is 0. The van der Waals surface area contributed by atoms with Crippen LogP contribution in [-0.4, -0.2) is 10.9 Å². The molecule has 0 atom stereocenters. The molecule has 0 spiro atoms. The van der Waals surface area contributed by atoms with Gasteiger partial charge in [0.25, 0.3) is 5.91 Å². The van der Waals surface area contributed by atoms with Crippen molar-refractivity contribution in [2.45, 2.75) is 6.54 Å². The van der Waals surface area contributed by atoms with Crippen molar-refractivity contribution >= 4 is 40.5 Å². The number of benzene rings is 2. The van der Waals surface area contributed by atoms with Gasteiger partial charge in [0, 0.05) is 18.4 Å². The van der Waals surface area contributed by atoms with Crippen molar-refractivity contribution in [1.29, 1.82) is 0 Å². The summed E-state index contributed by atoms with van der Waals surface area (Å²) in [6.07, 6.45) is 1.52. The highest BCUT2D eigenvalue weighted by Crippen LogP contribution is 2.31. The van der Waals surface area contributed by atoms with Crippen molar-refractivity contribution in [3.05, 3.63) is 87.9 Å². The number of carbonyl (C=O) groups is 1. The standard InChI is InChI=1S/C19H14Cl2FN3O/c20-15-2-1-3-16(18(15)21)25-14-8-9-23-17(10-14)19(26)24-11-12-4-6-13(22)7-5-12/h1-10H,11H2,(H,23,25)(H,24,26). The van der Waals surface area contributed by atoms with Gasteiger partial charge in [0.1, 0.15) is 11.5 Å². The summed E-state index contributed by atoms with van der Waals surface area (Å²) in [6.45, 7) is 0.276. The minimum atomic E-state index is -0.338. The molecule has 0 fully saturated rings. The molecular weight excluding hydrogens is 376 g/mol. The number of pyridine rings is 1. The van der Waals surface area contributed by atoms with Crippen molar-refractivity contribution in [2.24, 2.45) is 0 Å². The van der Waals surface area contributed by atoms with Crippen molar-refractivity contribution in [2.75, 3.05) is 5.32 Å². The van der Waals surface area contributed by atoms with Gasteiger partial charge in [-0.15, -0.1) is 0 Å². The van der Waals surface area contributed by atoms with E-state index in [1.54, 1.807) is 42.5 Å². The lowest BCUT2D eigenvalue weighted by molar-refractivity contribution is 0.0946. The molecule has 0 aliphatic heterocycles. The third kappa shape index (κ3) is 4.50. The quantitative estimate of drug-likeness (QED) is 0.630. The first kappa shape index (κ1) is 18.2. The molecule has 1 heterocycles. The lowest BCUT2D eigenvalue weighted by Crippen LogP contribution is -2.23. The molecule has 4 nitrogen and oxygen atoms in total. The molecule has 0 aliphatic rings. The molecule has 3 aromatic rings. The van der Waals surface area contributed by atoms with E-state index in [0.29, 0.717) is 21.4 Å². The topological polar surface area (TPSA) is 54.0 Å². The Bertz CT molecular complexity index is 932. The summed E-state index contributed by atoms with van der Waals surface area (Å²) in [5.74, 6) is -0.657. The van der Waals surface area contributed by atoms with Crippen molar-refractivity contribution < 1.29 is 9.18 Å². The lowest BCUT2D eigenvalue weighted by Gasteiger charge is -2.10. The fraction of sp³-hybridized carbons (Fsp3) is 0.0526. The van der Waals surface area contributed by atoms with Gasteiger partial charge in [0.2, 0.25) is 0 Å². The first-order valence-corrected chi connectivity index (χ1v) is 8.48. The molecule has 1 aromatic heterocycles. The Morgan fingerprint density at radius 1 is 1.08 bits per heavy atom. The summed E-state index contributed by atoms with van der Waals surface area (Å²) in [6, 6.07) is 14.5. The average Bonchev–Trinajstić information content (AvgIpc) is 2.65. The fourth-order valence-corrected chi connectivity index (χ4v) is 2.61. The zero-order chi connectivity index (χ0) is 18.5. The third-order valence-corrected chi connectivity index (χ3v) is 4.41. The zero-order valence-electron chi connectivity index (χ0n) is 13.5. The highest BCUT2D eigenvalue weighted by atomic mass is 35.5. The van der Waals surface area contributed by atoms with E-state index in [1.165, 1.54) is 18.3 Å². The fourth-order valence-electron chi connectivity index (χ4n) is 2.26. The molecule has 0 radical (unpaired) electrons. The number of halogens is 3. The van der Waals surface area contributed by atoms with Crippen LogP contribution in [0.2, 0.25) is 10.0 Å². The Morgan fingerprint density at radius 2 is 1.85 bits per heavy atom. The Labute approximate surface area is 160 Å². The van der Waals surface area contributed by atoms with Crippen molar-refractivity contribution in [3.8, 4) is 0 Å². The van der Waals surface area contributed by atoms with Crippen LogP contribution >= 0.6 is 23.2 Å². The molecule has 26 heavy (non-hydrogen) atoms. The number of hydrogen-bond acceptors (Lipinski definition) is 3. The van der Waals surface area contributed by atoms with Crippen LogP contribution in [0, 0.1) is 5.82 Å². The largest absolute Gasteiger partial charge is 0.354 e. The minimum Gasteiger partial charge on any atom is -0.354 e. The van der Waals surface area contributed by atoms with E-state index in [-0.39, 0.29) is 24.0 Å². The second kappa shape index (κ2) is 8.17. The van der Waals surface area contributed by atoms with E-state index >= 15 is 0 Å². The molecule has 1 amide bonds.